The highest BCUT2D eigenvalue weighted by atomic mass is 16.4. The number of benzene rings is 1. The monoisotopic (exact) mass is 289 g/mol. The van der Waals surface area contributed by atoms with Crippen molar-refractivity contribution in [2.24, 2.45) is 0 Å². The average Bonchev–Trinajstić information content (AvgIpc) is 2.49. The first-order valence-electron chi connectivity index (χ1n) is 7.66. The molecule has 1 heterocycles. The molecule has 1 atom stereocenters. The van der Waals surface area contributed by atoms with Crippen molar-refractivity contribution >= 4 is 11.9 Å². The van der Waals surface area contributed by atoms with Gasteiger partial charge in [0, 0.05) is 13.0 Å². The minimum atomic E-state index is -0.874. The number of likely N-dealkylation sites (tertiary alicyclic amines) is 1. The molecule has 0 aliphatic carbocycles. The topological polar surface area (TPSA) is 57.6 Å². The molecule has 4 heteroatoms. The van der Waals surface area contributed by atoms with Crippen LogP contribution in [0.15, 0.2) is 24.3 Å². The molecule has 1 saturated heterocycles. The Morgan fingerprint density at radius 3 is 2.62 bits per heavy atom. The van der Waals surface area contributed by atoms with Crippen molar-refractivity contribution in [1.82, 2.24) is 4.90 Å². The van der Waals surface area contributed by atoms with Gasteiger partial charge in [0.05, 0.1) is 0 Å². The molecule has 21 heavy (non-hydrogen) atoms. The summed E-state index contributed by atoms with van der Waals surface area (Å²) in [5.74, 6) is -0.893. The van der Waals surface area contributed by atoms with Crippen molar-refractivity contribution in [3.05, 3.63) is 35.4 Å². The van der Waals surface area contributed by atoms with Crippen LogP contribution in [0.1, 0.15) is 43.2 Å². The summed E-state index contributed by atoms with van der Waals surface area (Å²) in [6.45, 7) is 2.63. The van der Waals surface area contributed by atoms with Gasteiger partial charge >= 0.3 is 5.97 Å². The third kappa shape index (κ3) is 4.31. The van der Waals surface area contributed by atoms with E-state index in [0.717, 1.165) is 25.7 Å². The average molecular weight is 289 g/mol. The van der Waals surface area contributed by atoms with Crippen LogP contribution >= 0.6 is 0 Å². The highest BCUT2D eigenvalue weighted by molar-refractivity contribution is 5.83. The summed E-state index contributed by atoms with van der Waals surface area (Å²) < 4.78 is 0. The van der Waals surface area contributed by atoms with Crippen molar-refractivity contribution in [3.8, 4) is 0 Å². The quantitative estimate of drug-likeness (QED) is 0.906. The van der Waals surface area contributed by atoms with E-state index in [-0.39, 0.29) is 5.91 Å². The number of carboxylic acids is 1. The van der Waals surface area contributed by atoms with Gasteiger partial charge in [0.25, 0.3) is 0 Å². The Hall–Kier alpha value is -1.84. The minimum absolute atomic E-state index is 0.0192. The fourth-order valence-corrected chi connectivity index (χ4v) is 2.83. The van der Waals surface area contributed by atoms with Crippen molar-refractivity contribution < 1.29 is 14.7 Å². The van der Waals surface area contributed by atoms with Crippen LogP contribution in [0.2, 0.25) is 0 Å². The van der Waals surface area contributed by atoms with Crippen molar-refractivity contribution in [1.29, 1.82) is 0 Å². The zero-order valence-electron chi connectivity index (χ0n) is 12.5. The van der Waals surface area contributed by atoms with E-state index in [2.05, 4.69) is 31.2 Å². The van der Waals surface area contributed by atoms with Gasteiger partial charge in [-0.05, 0) is 44.6 Å². The lowest BCUT2D eigenvalue weighted by Gasteiger charge is -2.33. The second kappa shape index (κ2) is 7.25. The van der Waals surface area contributed by atoms with Crippen LogP contribution in [-0.4, -0.2) is 34.5 Å². The molecule has 0 radical (unpaired) electrons. The fraction of sp³-hybridized carbons (Fsp3) is 0.529. The van der Waals surface area contributed by atoms with Crippen molar-refractivity contribution in [2.45, 2.75) is 51.5 Å². The predicted molar refractivity (Wildman–Crippen MR) is 81.1 cm³/mol. The molecule has 1 unspecified atom stereocenters. The maximum Gasteiger partial charge on any atom is 0.326 e. The van der Waals surface area contributed by atoms with Gasteiger partial charge in [0.15, 0.2) is 0 Å². The van der Waals surface area contributed by atoms with Gasteiger partial charge in [0.1, 0.15) is 6.04 Å². The standard InChI is InChI=1S/C17H23NO3/c1-13-8-10-14(11-9-13)5-4-7-16(19)18-12-3-2-6-15(18)17(20)21/h8-11,15H,2-7,12H2,1H3,(H,20,21). The Morgan fingerprint density at radius 2 is 1.95 bits per heavy atom. The first kappa shape index (κ1) is 15.5. The van der Waals surface area contributed by atoms with E-state index in [1.54, 1.807) is 4.90 Å². The highest BCUT2D eigenvalue weighted by Crippen LogP contribution is 2.19. The van der Waals surface area contributed by atoms with Gasteiger partial charge in [-0.3, -0.25) is 4.79 Å². The Kier molecular flexibility index (Phi) is 5.37. The summed E-state index contributed by atoms with van der Waals surface area (Å²) in [7, 11) is 0. The molecule has 2 rings (SSSR count). The Bertz CT molecular complexity index is 495. The third-order valence-corrected chi connectivity index (χ3v) is 4.08. The number of rotatable bonds is 5. The van der Waals surface area contributed by atoms with Crippen LogP contribution < -0.4 is 0 Å². The van der Waals surface area contributed by atoms with Gasteiger partial charge in [-0.2, -0.15) is 0 Å². The Balaban J connectivity index is 1.83. The summed E-state index contributed by atoms with van der Waals surface area (Å²) in [5.41, 5.74) is 2.45. The number of carboxylic acid groups (broad SMARTS) is 1. The summed E-state index contributed by atoms with van der Waals surface area (Å²) >= 11 is 0. The lowest BCUT2D eigenvalue weighted by molar-refractivity contribution is -0.152. The third-order valence-electron chi connectivity index (χ3n) is 4.08. The van der Waals surface area contributed by atoms with Crippen molar-refractivity contribution in [2.75, 3.05) is 6.54 Å². The number of amides is 1. The number of carbonyl (C=O) groups excluding carboxylic acids is 1. The lowest BCUT2D eigenvalue weighted by Crippen LogP contribution is -2.47. The molecule has 0 spiro atoms. The normalized spacial score (nSPS) is 18.5. The van der Waals surface area contributed by atoms with E-state index in [9.17, 15) is 14.7 Å². The zero-order valence-corrected chi connectivity index (χ0v) is 12.5. The number of carbonyl (C=O) groups is 2. The second-order valence-corrected chi connectivity index (χ2v) is 5.78. The van der Waals surface area contributed by atoms with E-state index in [4.69, 9.17) is 0 Å². The maximum absolute atomic E-state index is 12.2. The van der Waals surface area contributed by atoms with Gasteiger partial charge in [-0.25, -0.2) is 4.79 Å². The van der Waals surface area contributed by atoms with Gasteiger partial charge in [-0.1, -0.05) is 29.8 Å². The van der Waals surface area contributed by atoms with Crippen LogP contribution in [0.25, 0.3) is 0 Å². The summed E-state index contributed by atoms with van der Waals surface area (Å²) in [6, 6.07) is 7.69. The highest BCUT2D eigenvalue weighted by Gasteiger charge is 2.31. The molecule has 114 valence electrons. The summed E-state index contributed by atoms with van der Waals surface area (Å²) in [6.07, 6.45) is 4.44. The van der Waals surface area contributed by atoms with Crippen LogP contribution in [0.5, 0.6) is 0 Å². The Morgan fingerprint density at radius 1 is 1.24 bits per heavy atom. The molecule has 1 aromatic carbocycles. The maximum atomic E-state index is 12.2. The van der Waals surface area contributed by atoms with Crippen LogP contribution in [0.3, 0.4) is 0 Å². The molecule has 1 aliphatic heterocycles. The number of hydrogen-bond acceptors (Lipinski definition) is 2. The van der Waals surface area contributed by atoms with Crippen molar-refractivity contribution in [3.63, 3.8) is 0 Å². The van der Waals surface area contributed by atoms with Gasteiger partial charge in [0.2, 0.25) is 5.91 Å². The van der Waals surface area contributed by atoms with E-state index in [0.29, 0.717) is 19.4 Å². The fourth-order valence-electron chi connectivity index (χ4n) is 2.83. The van der Waals surface area contributed by atoms with Crippen LogP contribution in [-0.2, 0) is 16.0 Å². The molecular weight excluding hydrogens is 266 g/mol. The largest absolute Gasteiger partial charge is 0.480 e. The van der Waals surface area contributed by atoms with E-state index in [1.165, 1.54) is 11.1 Å². The van der Waals surface area contributed by atoms with Crippen LogP contribution in [0.4, 0.5) is 0 Å². The molecule has 0 aromatic heterocycles. The summed E-state index contributed by atoms with van der Waals surface area (Å²) in [5, 5.41) is 9.19. The van der Waals surface area contributed by atoms with Gasteiger partial charge in [-0.15, -0.1) is 0 Å². The van der Waals surface area contributed by atoms with E-state index < -0.39 is 12.0 Å². The molecule has 0 saturated carbocycles. The molecule has 1 amide bonds. The van der Waals surface area contributed by atoms with E-state index in [1.807, 2.05) is 0 Å². The number of nitrogens with zero attached hydrogens (tertiary/aromatic N) is 1. The minimum Gasteiger partial charge on any atom is -0.480 e. The Labute approximate surface area is 125 Å². The number of hydrogen-bond donors (Lipinski definition) is 1. The SMILES string of the molecule is Cc1ccc(CCCC(=O)N2CCCCC2C(=O)O)cc1. The molecule has 1 aliphatic rings. The van der Waals surface area contributed by atoms with Crippen LogP contribution in [0, 0.1) is 6.92 Å². The molecule has 0 bridgehead atoms. The first-order chi connectivity index (χ1) is 10.1. The number of aryl methyl sites for hydroxylation is 2. The molecule has 1 N–H and O–H groups in total. The van der Waals surface area contributed by atoms with E-state index >= 15 is 0 Å². The lowest BCUT2D eigenvalue weighted by atomic mass is 10.0. The smallest absolute Gasteiger partial charge is 0.326 e. The first-order valence-corrected chi connectivity index (χ1v) is 7.66. The molecule has 4 nitrogen and oxygen atoms in total. The molecule has 1 aromatic rings. The zero-order chi connectivity index (χ0) is 15.2. The predicted octanol–water partition coefficient (Wildman–Crippen LogP) is 2.78. The number of aliphatic carboxylic acids is 1. The summed E-state index contributed by atoms with van der Waals surface area (Å²) in [4.78, 5) is 25.0. The second-order valence-electron chi connectivity index (χ2n) is 5.78. The van der Waals surface area contributed by atoms with Gasteiger partial charge < -0.3 is 10.0 Å². The number of piperidine rings is 1. The molecular formula is C17H23NO3. The molecule has 1 fully saturated rings.